The number of benzene rings is 1. The fraction of sp³-hybridized carbons (Fsp3) is 0.250. The first-order valence-corrected chi connectivity index (χ1v) is 7.83. The lowest BCUT2D eigenvalue weighted by molar-refractivity contribution is 0.0735. The molecule has 1 aliphatic rings. The minimum Gasteiger partial charge on any atom is -0.472 e. The smallest absolute Gasteiger partial charge is 0.257 e. The number of nitrogens with zero attached hydrogens (tertiary/aromatic N) is 2. The number of aromatic nitrogens is 1. The molecular weight excluding hydrogens is 284 g/mol. The van der Waals surface area contributed by atoms with Crippen molar-refractivity contribution in [2.45, 2.75) is 18.9 Å². The zero-order valence-corrected chi connectivity index (χ0v) is 12.2. The van der Waals surface area contributed by atoms with Gasteiger partial charge in [0.25, 0.3) is 5.91 Å². The summed E-state index contributed by atoms with van der Waals surface area (Å²) in [5, 5.41) is 1.03. The predicted octanol–water partition coefficient (Wildman–Crippen LogP) is 3.87. The van der Waals surface area contributed by atoms with Gasteiger partial charge in [-0.2, -0.15) is 0 Å². The van der Waals surface area contributed by atoms with Crippen molar-refractivity contribution in [2.24, 2.45) is 0 Å². The number of furan rings is 1. The van der Waals surface area contributed by atoms with Gasteiger partial charge < -0.3 is 9.32 Å². The number of amides is 1. The Kier molecular flexibility index (Phi) is 3.00. The lowest BCUT2D eigenvalue weighted by atomic mass is 10.2. The van der Waals surface area contributed by atoms with E-state index in [1.165, 1.54) is 17.2 Å². The van der Waals surface area contributed by atoms with E-state index >= 15 is 0 Å². The second kappa shape index (κ2) is 5.00. The highest BCUT2D eigenvalue weighted by molar-refractivity contribution is 7.18. The SMILES string of the molecule is O=C(c1ccoc1)N1CCCC1c1nc2ccccc2s1. The van der Waals surface area contributed by atoms with Gasteiger partial charge in [0.1, 0.15) is 11.3 Å². The molecule has 0 saturated carbocycles. The standard InChI is InChI=1S/C16H14N2O2S/c19-16(11-7-9-20-10-11)18-8-3-5-13(18)15-17-12-4-1-2-6-14(12)21-15/h1-2,4,6-7,9-10,13H,3,5,8H2. The maximum Gasteiger partial charge on any atom is 0.257 e. The van der Waals surface area contributed by atoms with Crippen LogP contribution in [0.15, 0.2) is 47.3 Å². The van der Waals surface area contributed by atoms with Crippen LogP contribution in [0.25, 0.3) is 10.2 Å². The molecule has 21 heavy (non-hydrogen) atoms. The third kappa shape index (κ3) is 2.14. The molecule has 1 aromatic carbocycles. The summed E-state index contributed by atoms with van der Waals surface area (Å²) in [6.07, 6.45) is 5.04. The van der Waals surface area contributed by atoms with E-state index in [0.29, 0.717) is 5.56 Å². The molecule has 4 nitrogen and oxygen atoms in total. The first kappa shape index (κ1) is 12.6. The summed E-state index contributed by atoms with van der Waals surface area (Å²) >= 11 is 1.68. The molecule has 4 rings (SSSR count). The molecule has 106 valence electrons. The molecule has 0 N–H and O–H groups in total. The van der Waals surface area contributed by atoms with E-state index < -0.39 is 0 Å². The number of hydrogen-bond donors (Lipinski definition) is 0. The van der Waals surface area contributed by atoms with Gasteiger partial charge in [-0.25, -0.2) is 4.98 Å². The fourth-order valence-corrected chi connectivity index (χ4v) is 3.97. The van der Waals surface area contributed by atoms with Gasteiger partial charge in [0.2, 0.25) is 0 Å². The molecule has 0 spiro atoms. The van der Waals surface area contributed by atoms with Crippen LogP contribution in [0.4, 0.5) is 0 Å². The van der Waals surface area contributed by atoms with Gasteiger partial charge in [-0.15, -0.1) is 11.3 Å². The predicted molar refractivity (Wildman–Crippen MR) is 81.3 cm³/mol. The molecule has 1 aliphatic heterocycles. The molecule has 1 saturated heterocycles. The highest BCUT2D eigenvalue weighted by Crippen LogP contribution is 2.37. The van der Waals surface area contributed by atoms with E-state index in [-0.39, 0.29) is 11.9 Å². The summed E-state index contributed by atoms with van der Waals surface area (Å²) in [4.78, 5) is 19.2. The lowest BCUT2D eigenvalue weighted by Gasteiger charge is -2.22. The first-order chi connectivity index (χ1) is 10.3. The molecule has 1 atom stereocenters. The van der Waals surface area contributed by atoms with Crippen molar-refractivity contribution >= 4 is 27.5 Å². The van der Waals surface area contributed by atoms with E-state index in [9.17, 15) is 4.79 Å². The molecule has 1 fully saturated rings. The maximum absolute atomic E-state index is 12.5. The second-order valence-corrected chi connectivity index (χ2v) is 6.25. The Balaban J connectivity index is 1.68. The quantitative estimate of drug-likeness (QED) is 0.721. The van der Waals surface area contributed by atoms with E-state index in [1.807, 2.05) is 23.1 Å². The summed E-state index contributed by atoms with van der Waals surface area (Å²) in [5.74, 6) is 0.0329. The lowest BCUT2D eigenvalue weighted by Crippen LogP contribution is -2.30. The van der Waals surface area contributed by atoms with Crippen LogP contribution < -0.4 is 0 Å². The van der Waals surface area contributed by atoms with Crippen LogP contribution in [0.2, 0.25) is 0 Å². The van der Waals surface area contributed by atoms with Crippen molar-refractivity contribution < 1.29 is 9.21 Å². The summed E-state index contributed by atoms with van der Waals surface area (Å²) in [7, 11) is 0. The maximum atomic E-state index is 12.5. The Bertz CT molecular complexity index is 746. The van der Waals surface area contributed by atoms with Gasteiger partial charge >= 0.3 is 0 Å². The molecule has 3 heterocycles. The Labute approximate surface area is 126 Å². The molecule has 3 aromatic rings. The fourth-order valence-electron chi connectivity index (χ4n) is 2.85. The van der Waals surface area contributed by atoms with Crippen LogP contribution in [0.1, 0.15) is 34.2 Å². The number of rotatable bonds is 2. The molecule has 2 aromatic heterocycles. The monoisotopic (exact) mass is 298 g/mol. The van der Waals surface area contributed by atoms with E-state index in [0.717, 1.165) is 29.9 Å². The minimum absolute atomic E-state index is 0.0329. The van der Waals surface area contributed by atoms with Crippen LogP contribution in [-0.2, 0) is 0 Å². The average Bonchev–Trinajstić information content (AvgIpc) is 3.24. The van der Waals surface area contributed by atoms with Crippen molar-refractivity contribution in [2.75, 3.05) is 6.54 Å². The number of carbonyl (C=O) groups excluding carboxylic acids is 1. The van der Waals surface area contributed by atoms with Crippen LogP contribution in [0, 0.1) is 0 Å². The van der Waals surface area contributed by atoms with Crippen molar-refractivity contribution in [3.05, 3.63) is 53.4 Å². The largest absolute Gasteiger partial charge is 0.472 e. The van der Waals surface area contributed by atoms with E-state index in [4.69, 9.17) is 9.40 Å². The van der Waals surface area contributed by atoms with Gasteiger partial charge in [-0.1, -0.05) is 12.1 Å². The zero-order chi connectivity index (χ0) is 14.2. The molecule has 0 aliphatic carbocycles. The Morgan fingerprint density at radius 1 is 1.33 bits per heavy atom. The number of carbonyl (C=O) groups is 1. The van der Waals surface area contributed by atoms with E-state index in [1.54, 1.807) is 17.4 Å². The number of hydrogen-bond acceptors (Lipinski definition) is 4. The molecule has 0 bridgehead atoms. The van der Waals surface area contributed by atoms with Crippen molar-refractivity contribution in [3.63, 3.8) is 0 Å². The third-order valence-corrected chi connectivity index (χ3v) is 5.01. The first-order valence-electron chi connectivity index (χ1n) is 7.01. The van der Waals surface area contributed by atoms with Crippen molar-refractivity contribution in [1.82, 2.24) is 9.88 Å². The van der Waals surface area contributed by atoms with Gasteiger partial charge in [0.05, 0.1) is 28.1 Å². The number of thiazole rings is 1. The Morgan fingerprint density at radius 2 is 2.24 bits per heavy atom. The molecule has 1 amide bonds. The Hall–Kier alpha value is -2.14. The average molecular weight is 298 g/mol. The van der Waals surface area contributed by atoms with Crippen LogP contribution >= 0.6 is 11.3 Å². The van der Waals surface area contributed by atoms with Crippen LogP contribution in [0.3, 0.4) is 0 Å². The second-order valence-electron chi connectivity index (χ2n) is 5.19. The van der Waals surface area contributed by atoms with Gasteiger partial charge in [0.15, 0.2) is 0 Å². The summed E-state index contributed by atoms with van der Waals surface area (Å²) in [6, 6.07) is 9.92. The summed E-state index contributed by atoms with van der Waals surface area (Å²) in [5.41, 5.74) is 1.63. The topological polar surface area (TPSA) is 46.3 Å². The summed E-state index contributed by atoms with van der Waals surface area (Å²) in [6.45, 7) is 0.782. The van der Waals surface area contributed by atoms with Gasteiger partial charge in [0, 0.05) is 6.54 Å². The van der Waals surface area contributed by atoms with E-state index in [2.05, 4.69) is 6.07 Å². The zero-order valence-electron chi connectivity index (χ0n) is 11.4. The van der Waals surface area contributed by atoms with Crippen molar-refractivity contribution in [3.8, 4) is 0 Å². The molecular formula is C16H14N2O2S. The van der Waals surface area contributed by atoms with Crippen LogP contribution in [0.5, 0.6) is 0 Å². The highest BCUT2D eigenvalue weighted by atomic mass is 32.1. The number of para-hydroxylation sites is 1. The van der Waals surface area contributed by atoms with Crippen LogP contribution in [-0.4, -0.2) is 22.3 Å². The third-order valence-electron chi connectivity index (χ3n) is 3.88. The van der Waals surface area contributed by atoms with Gasteiger partial charge in [-0.3, -0.25) is 4.79 Å². The van der Waals surface area contributed by atoms with Gasteiger partial charge in [-0.05, 0) is 31.0 Å². The Morgan fingerprint density at radius 3 is 3.05 bits per heavy atom. The molecule has 5 heteroatoms. The normalized spacial score (nSPS) is 18.5. The molecule has 1 unspecified atom stereocenters. The highest BCUT2D eigenvalue weighted by Gasteiger charge is 2.33. The summed E-state index contributed by atoms with van der Waals surface area (Å²) < 4.78 is 6.20. The minimum atomic E-state index is 0.0329. The molecule has 0 radical (unpaired) electrons. The number of likely N-dealkylation sites (tertiary alicyclic amines) is 1. The number of fused-ring (bicyclic) bond motifs is 1. The van der Waals surface area contributed by atoms with Crippen molar-refractivity contribution in [1.29, 1.82) is 0 Å².